The van der Waals surface area contributed by atoms with Crippen LogP contribution in [-0.2, 0) is 4.79 Å². The topological polar surface area (TPSA) is 67.9 Å². The normalized spacial score (nSPS) is 17.7. The molecule has 7 nitrogen and oxygen atoms in total. The molecule has 188 valence electrons. The Morgan fingerprint density at radius 2 is 1.69 bits per heavy atom. The number of hydrogen-bond acceptors (Lipinski definition) is 4. The highest BCUT2D eigenvalue weighted by molar-refractivity contribution is 5.93. The molecule has 0 aromatic heterocycles. The zero-order valence-corrected chi connectivity index (χ0v) is 21.1. The fraction of sp³-hybridized carbons (Fsp3) is 0.500. The largest absolute Gasteiger partial charge is 0.372 e. The molecule has 4 rings (SSSR count). The third kappa shape index (κ3) is 5.96. The molecule has 1 atom stereocenters. The fourth-order valence-corrected chi connectivity index (χ4v) is 5.12. The summed E-state index contributed by atoms with van der Waals surface area (Å²) in [4.78, 5) is 29.9. The van der Waals surface area contributed by atoms with Gasteiger partial charge in [0.05, 0.1) is 12.6 Å². The molecule has 2 aliphatic heterocycles. The number of nitrogens with zero attached hydrogens (tertiary/aromatic N) is 3. The second-order valence-corrected chi connectivity index (χ2v) is 9.55. The average Bonchev–Trinajstić information content (AvgIpc) is 3.27. The summed E-state index contributed by atoms with van der Waals surface area (Å²) in [5, 5.41) is 4.84. The van der Waals surface area contributed by atoms with Crippen molar-refractivity contribution >= 4 is 23.3 Å². The fourth-order valence-electron chi connectivity index (χ4n) is 5.12. The predicted molar refractivity (Wildman–Crippen MR) is 141 cm³/mol. The smallest absolute Gasteiger partial charge is 0.340 e. The van der Waals surface area contributed by atoms with Gasteiger partial charge >= 0.3 is 6.03 Å². The van der Waals surface area contributed by atoms with Crippen LogP contribution < -0.4 is 20.5 Å². The molecule has 2 heterocycles. The van der Waals surface area contributed by atoms with Crippen molar-refractivity contribution in [3.8, 4) is 0 Å². The summed E-state index contributed by atoms with van der Waals surface area (Å²) >= 11 is 0. The summed E-state index contributed by atoms with van der Waals surface area (Å²) in [6.45, 7) is 8.02. The van der Waals surface area contributed by atoms with E-state index in [1.54, 1.807) is 9.91 Å². The van der Waals surface area contributed by atoms with Crippen LogP contribution in [0.3, 0.4) is 0 Å². The van der Waals surface area contributed by atoms with Crippen molar-refractivity contribution in [1.29, 1.82) is 0 Å². The number of piperidine rings is 1. The molecule has 2 aliphatic rings. The minimum absolute atomic E-state index is 0.0142. The Bertz CT molecular complexity index is 957. The number of rotatable bonds is 10. The van der Waals surface area contributed by atoms with E-state index in [0.717, 1.165) is 69.5 Å². The van der Waals surface area contributed by atoms with Gasteiger partial charge in [-0.25, -0.2) is 10.2 Å². The van der Waals surface area contributed by atoms with Crippen molar-refractivity contribution in [3.63, 3.8) is 0 Å². The Labute approximate surface area is 209 Å². The Balaban J connectivity index is 1.37. The van der Waals surface area contributed by atoms with E-state index < -0.39 is 0 Å². The summed E-state index contributed by atoms with van der Waals surface area (Å²) in [7, 11) is 0. The third-order valence-corrected chi connectivity index (χ3v) is 7.14. The van der Waals surface area contributed by atoms with Gasteiger partial charge in [-0.05, 0) is 61.4 Å². The highest BCUT2D eigenvalue weighted by Gasteiger charge is 2.33. The van der Waals surface area contributed by atoms with Gasteiger partial charge in [0.1, 0.15) is 0 Å². The Morgan fingerprint density at radius 1 is 1.00 bits per heavy atom. The van der Waals surface area contributed by atoms with Gasteiger partial charge in [0.15, 0.2) is 0 Å². The number of urea groups is 1. The minimum atomic E-state index is -0.100. The quantitative estimate of drug-likeness (QED) is 0.520. The number of hydrazine groups is 1. The highest BCUT2D eigenvalue weighted by atomic mass is 16.2. The SMILES string of the molecule is CCCCN1NCN(c2ccc(N3CCC(C(C(=O)NCCC)c4ccccc4)CC3)cc2)C1=O. The van der Waals surface area contributed by atoms with Crippen LogP contribution >= 0.6 is 0 Å². The molecule has 0 saturated carbocycles. The van der Waals surface area contributed by atoms with Gasteiger partial charge < -0.3 is 10.2 Å². The molecule has 7 heteroatoms. The van der Waals surface area contributed by atoms with Crippen molar-refractivity contribution in [2.75, 3.05) is 42.6 Å². The molecular weight excluding hydrogens is 438 g/mol. The third-order valence-electron chi connectivity index (χ3n) is 7.14. The molecule has 35 heavy (non-hydrogen) atoms. The lowest BCUT2D eigenvalue weighted by Crippen LogP contribution is -2.40. The molecular formula is C28H39N5O2. The molecule has 0 bridgehead atoms. The summed E-state index contributed by atoms with van der Waals surface area (Å²) < 4.78 is 0. The van der Waals surface area contributed by atoms with E-state index in [9.17, 15) is 9.59 Å². The van der Waals surface area contributed by atoms with Crippen molar-refractivity contribution in [2.45, 2.75) is 51.9 Å². The van der Waals surface area contributed by atoms with Crippen molar-refractivity contribution in [1.82, 2.24) is 15.8 Å². The molecule has 0 radical (unpaired) electrons. The Kier molecular flexibility index (Phi) is 8.64. The lowest BCUT2D eigenvalue weighted by Gasteiger charge is -2.37. The highest BCUT2D eigenvalue weighted by Crippen LogP contribution is 2.35. The second-order valence-electron chi connectivity index (χ2n) is 9.55. The summed E-state index contributed by atoms with van der Waals surface area (Å²) in [5.74, 6) is 0.376. The average molecular weight is 478 g/mol. The van der Waals surface area contributed by atoms with E-state index in [4.69, 9.17) is 0 Å². The zero-order valence-electron chi connectivity index (χ0n) is 21.1. The van der Waals surface area contributed by atoms with Gasteiger partial charge in [0.25, 0.3) is 0 Å². The van der Waals surface area contributed by atoms with Crippen LogP contribution in [0.4, 0.5) is 16.2 Å². The van der Waals surface area contributed by atoms with Crippen LogP contribution in [0.5, 0.6) is 0 Å². The monoisotopic (exact) mass is 477 g/mol. The van der Waals surface area contributed by atoms with E-state index in [1.807, 2.05) is 30.3 Å². The number of unbranched alkanes of at least 4 members (excludes halogenated alkanes) is 1. The Morgan fingerprint density at radius 3 is 2.34 bits per heavy atom. The molecule has 0 aliphatic carbocycles. The van der Waals surface area contributed by atoms with Crippen LogP contribution in [0.1, 0.15) is 57.4 Å². The molecule has 1 unspecified atom stereocenters. The number of carbonyl (C=O) groups excluding carboxylic acids is 2. The van der Waals surface area contributed by atoms with Crippen LogP contribution in [0.15, 0.2) is 54.6 Å². The number of carbonyl (C=O) groups is 2. The second kappa shape index (κ2) is 12.1. The lowest BCUT2D eigenvalue weighted by molar-refractivity contribution is -0.124. The molecule has 0 spiro atoms. The standard InChI is InChI=1S/C28H39N5O2/c1-3-5-18-33-28(35)32(21-30-33)25-13-11-24(12-14-25)31-19-15-23(16-20-31)26(27(34)29-17-4-2)22-9-7-6-8-10-22/h6-14,23,26,30H,3-5,15-21H2,1-2H3,(H,29,34). The Hall–Kier alpha value is -3.06. The van der Waals surface area contributed by atoms with Gasteiger partial charge in [0.2, 0.25) is 5.91 Å². The maximum Gasteiger partial charge on any atom is 0.340 e. The molecule has 2 N–H and O–H groups in total. The number of anilines is 2. The first-order chi connectivity index (χ1) is 17.1. The van der Waals surface area contributed by atoms with E-state index in [1.165, 1.54) is 5.69 Å². The van der Waals surface area contributed by atoms with E-state index in [0.29, 0.717) is 12.6 Å². The van der Waals surface area contributed by atoms with E-state index in [2.05, 4.69) is 53.8 Å². The predicted octanol–water partition coefficient (Wildman–Crippen LogP) is 4.72. The number of nitrogens with one attached hydrogen (secondary N) is 2. The molecule has 2 saturated heterocycles. The summed E-state index contributed by atoms with van der Waals surface area (Å²) in [6, 6.07) is 18.5. The maximum atomic E-state index is 13.1. The summed E-state index contributed by atoms with van der Waals surface area (Å²) in [5.41, 5.74) is 6.38. The molecule has 2 fully saturated rings. The van der Waals surface area contributed by atoms with Gasteiger partial charge in [-0.1, -0.05) is 50.6 Å². The lowest BCUT2D eigenvalue weighted by atomic mass is 9.79. The van der Waals surface area contributed by atoms with Gasteiger partial charge in [-0.15, -0.1) is 0 Å². The zero-order chi connectivity index (χ0) is 24.6. The van der Waals surface area contributed by atoms with E-state index >= 15 is 0 Å². The first-order valence-corrected chi connectivity index (χ1v) is 13.1. The first-order valence-electron chi connectivity index (χ1n) is 13.1. The van der Waals surface area contributed by atoms with Crippen LogP contribution in [-0.4, -0.2) is 49.8 Å². The number of hydrogen-bond donors (Lipinski definition) is 2. The number of amides is 3. The first kappa shape index (κ1) is 25.0. The van der Waals surface area contributed by atoms with Crippen LogP contribution in [0.25, 0.3) is 0 Å². The molecule has 3 amide bonds. The maximum absolute atomic E-state index is 13.1. The molecule has 2 aromatic carbocycles. The van der Waals surface area contributed by atoms with Crippen molar-refractivity contribution < 1.29 is 9.59 Å². The minimum Gasteiger partial charge on any atom is -0.372 e. The van der Waals surface area contributed by atoms with Gasteiger partial charge in [0, 0.05) is 37.6 Å². The summed E-state index contributed by atoms with van der Waals surface area (Å²) in [6.07, 6.45) is 4.94. The van der Waals surface area contributed by atoms with Gasteiger partial charge in [-0.2, -0.15) is 0 Å². The van der Waals surface area contributed by atoms with Gasteiger partial charge in [-0.3, -0.25) is 14.7 Å². The van der Waals surface area contributed by atoms with Crippen LogP contribution in [0.2, 0.25) is 0 Å². The van der Waals surface area contributed by atoms with E-state index in [-0.39, 0.29) is 17.9 Å². The van der Waals surface area contributed by atoms with Crippen molar-refractivity contribution in [3.05, 3.63) is 60.2 Å². The van der Waals surface area contributed by atoms with Crippen molar-refractivity contribution in [2.24, 2.45) is 5.92 Å². The van der Waals surface area contributed by atoms with Crippen LogP contribution in [0, 0.1) is 5.92 Å². The number of benzene rings is 2. The molecule has 2 aromatic rings.